The number of hydrogen-bond acceptors (Lipinski definition) is 15. The minimum Gasteiger partial charge on any atom is -0.382 e. The monoisotopic (exact) mass is 1600 g/mol. The van der Waals surface area contributed by atoms with Crippen LogP contribution in [0.15, 0.2) is 0 Å². The molecule has 9 rings (SSSR count). The summed E-state index contributed by atoms with van der Waals surface area (Å²) >= 11 is 0. The Labute approximate surface area is 651 Å². The number of hydrogen-bond donors (Lipinski definition) is 3. The number of nitrogens with one attached hydrogen (secondary N) is 3. The van der Waals surface area contributed by atoms with E-state index in [2.05, 4.69) is 16.0 Å². The molecule has 0 aromatic heterocycles. The second-order valence-electron chi connectivity index (χ2n) is 33.0. The molecule has 12 amide bonds. The molecule has 0 aromatic rings. The van der Waals surface area contributed by atoms with E-state index in [1.165, 1.54) is 66.8 Å². The molecule has 35 heteroatoms. The average molecular weight is 1600 g/mol. The standard InChI is InChI=1S/C77H118F8N12O15/c1-10-45(3)63-72(107)96-32-28-55(96)69(104)91(6)54-21-13-12-18-31-95(71(54)106)58(39-46-22-25-49(26-23-46)76(80,81)82)68(103)89(4)43-60(98)86-53(27-24-47-37-51(78)62(52(79)38-47)77(83,84)85)67(102)97-42-50(112-11-2)40-56(97)66(101)88-75(29-16-17-30-75)74(109)93(8)64(48-19-14-15-20-48)73(108)92(7)57(70(105)94-33-35-111-36-34-94)41-61(99)90(5)59(44-110-9)65(100)87-63/h45-59,62-64H,10-44H2,1-9H3,(H,86,98)(H,87,100)(H,88,101)/t45-,46?,47?,49?,50+,51?,52?,53-,54-,55-,56-,57-,58-,59-,62?,63-,64-/m0/s1. The van der Waals surface area contributed by atoms with Crippen molar-refractivity contribution in [2.45, 2.75) is 272 Å². The molecular formula is C77H118F8N12O15. The quantitative estimate of drug-likeness (QED) is 0.192. The maximum absolute atomic E-state index is 15.8. The second-order valence-corrected chi connectivity index (χ2v) is 33.0. The Morgan fingerprint density at radius 3 is 1.83 bits per heavy atom. The summed E-state index contributed by atoms with van der Waals surface area (Å²) in [5.41, 5.74) is -1.73. The fourth-order valence-electron chi connectivity index (χ4n) is 18.8. The lowest BCUT2D eigenvalue weighted by atomic mass is 9.76. The Kier molecular flexibility index (Phi) is 30.6. The van der Waals surface area contributed by atoms with Gasteiger partial charge in [-0.1, -0.05) is 58.8 Å². The molecule has 1 spiro atoms. The first kappa shape index (κ1) is 88.9. The first-order valence-electron chi connectivity index (χ1n) is 40.5. The number of carbonyl (C=O) groups is 12. The van der Waals surface area contributed by atoms with Crippen LogP contribution in [0.25, 0.3) is 0 Å². The van der Waals surface area contributed by atoms with Gasteiger partial charge in [0.15, 0.2) is 0 Å². The van der Waals surface area contributed by atoms with Gasteiger partial charge in [0.2, 0.25) is 70.9 Å². The van der Waals surface area contributed by atoms with E-state index in [1.807, 2.05) is 0 Å². The summed E-state index contributed by atoms with van der Waals surface area (Å²) in [6.45, 7) is 4.09. The number of likely N-dealkylation sites (N-methyl/N-ethyl adjacent to an activating group) is 5. The number of rotatable bonds is 13. The number of nitrogens with zero attached hydrogens (tertiary/aromatic N) is 9. The number of ether oxygens (including phenoxy) is 3. The summed E-state index contributed by atoms with van der Waals surface area (Å²) in [7, 11) is 8.02. The van der Waals surface area contributed by atoms with Crippen molar-refractivity contribution in [3.05, 3.63) is 0 Å². The van der Waals surface area contributed by atoms with E-state index in [4.69, 9.17) is 14.2 Å². The fraction of sp³-hybridized carbons (Fsp3) is 0.844. The van der Waals surface area contributed by atoms with Gasteiger partial charge in [-0.2, -0.15) is 26.3 Å². The minimum atomic E-state index is -5.22. The highest BCUT2D eigenvalue weighted by Gasteiger charge is 2.56. The van der Waals surface area contributed by atoms with Gasteiger partial charge in [-0.05, 0) is 133 Å². The van der Waals surface area contributed by atoms with Crippen LogP contribution < -0.4 is 16.0 Å². The number of fused-ring (bicyclic) bond motifs is 4. The van der Waals surface area contributed by atoms with Crippen LogP contribution in [0, 0.1) is 35.5 Å². The largest absolute Gasteiger partial charge is 0.397 e. The Morgan fingerprint density at radius 2 is 1.24 bits per heavy atom. The van der Waals surface area contributed by atoms with Crippen molar-refractivity contribution >= 4 is 70.9 Å². The van der Waals surface area contributed by atoms with Gasteiger partial charge in [0.25, 0.3) is 0 Å². The zero-order valence-electron chi connectivity index (χ0n) is 66.3. The molecule has 112 heavy (non-hydrogen) atoms. The predicted octanol–water partition coefficient (Wildman–Crippen LogP) is 5.48. The van der Waals surface area contributed by atoms with Gasteiger partial charge in [0, 0.05) is 88.1 Å². The zero-order valence-corrected chi connectivity index (χ0v) is 66.3. The van der Waals surface area contributed by atoms with Crippen LogP contribution >= 0.6 is 0 Å². The molecule has 3 N–H and O–H groups in total. The highest BCUT2D eigenvalue weighted by atomic mass is 19.4. The number of alkyl halides is 8. The molecule has 632 valence electrons. The third kappa shape index (κ3) is 20.6. The Balaban J connectivity index is 1.12. The summed E-state index contributed by atoms with van der Waals surface area (Å²) in [5.74, 6) is -16.7. The molecule has 4 saturated carbocycles. The van der Waals surface area contributed by atoms with Gasteiger partial charge >= 0.3 is 12.4 Å². The second kappa shape index (κ2) is 38.6. The number of methoxy groups -OCH3 is 1. The van der Waals surface area contributed by atoms with E-state index in [-0.39, 0.29) is 123 Å². The molecule has 13 atom stereocenters. The average Bonchev–Trinajstić information content (AvgIpc) is 0.901. The fourth-order valence-corrected chi connectivity index (χ4v) is 18.8. The lowest BCUT2D eigenvalue weighted by Gasteiger charge is -2.46. The van der Waals surface area contributed by atoms with Crippen LogP contribution in [0.5, 0.6) is 0 Å². The van der Waals surface area contributed by atoms with Crippen molar-refractivity contribution in [1.29, 1.82) is 0 Å². The first-order valence-corrected chi connectivity index (χ1v) is 40.5. The Hall–Kier alpha value is -7.04. The van der Waals surface area contributed by atoms with Gasteiger partial charge < -0.3 is 74.3 Å². The molecule has 2 unspecified atom stereocenters. The Morgan fingerprint density at radius 1 is 0.598 bits per heavy atom. The van der Waals surface area contributed by atoms with Crippen LogP contribution in [-0.2, 0) is 71.7 Å². The van der Waals surface area contributed by atoms with Crippen LogP contribution in [-0.4, -0.2) is 314 Å². The van der Waals surface area contributed by atoms with Crippen LogP contribution in [0.3, 0.4) is 0 Å². The third-order valence-electron chi connectivity index (χ3n) is 25.8. The van der Waals surface area contributed by atoms with E-state index in [9.17, 15) is 35.9 Å². The molecule has 4 aliphatic carbocycles. The summed E-state index contributed by atoms with van der Waals surface area (Å²) in [6.07, 6.45) is -14.9. The molecule has 0 aromatic carbocycles. The van der Waals surface area contributed by atoms with Crippen molar-refractivity contribution in [2.75, 3.05) is 108 Å². The lowest BCUT2D eigenvalue weighted by Crippen LogP contribution is -2.66. The maximum atomic E-state index is 15.8. The maximum Gasteiger partial charge on any atom is 0.397 e. The molecule has 0 radical (unpaired) electrons. The molecule has 5 saturated heterocycles. The predicted molar refractivity (Wildman–Crippen MR) is 389 cm³/mol. The summed E-state index contributed by atoms with van der Waals surface area (Å²) < 4.78 is 133. The van der Waals surface area contributed by atoms with Crippen LogP contribution in [0.1, 0.15) is 181 Å². The molecule has 5 heterocycles. The van der Waals surface area contributed by atoms with Crippen molar-refractivity contribution in [2.24, 2.45) is 35.5 Å². The zero-order chi connectivity index (χ0) is 82.0. The smallest absolute Gasteiger partial charge is 0.382 e. The van der Waals surface area contributed by atoms with E-state index >= 15 is 56.7 Å². The van der Waals surface area contributed by atoms with Gasteiger partial charge in [-0.3, -0.25) is 57.5 Å². The summed E-state index contributed by atoms with van der Waals surface area (Å²) in [6, 6.07) is -12.7. The normalized spacial score (nSPS) is 33.1. The van der Waals surface area contributed by atoms with E-state index in [0.29, 0.717) is 64.2 Å². The van der Waals surface area contributed by atoms with Crippen molar-refractivity contribution in [3.63, 3.8) is 0 Å². The van der Waals surface area contributed by atoms with Crippen LogP contribution in [0.2, 0.25) is 0 Å². The van der Waals surface area contributed by atoms with Gasteiger partial charge in [0.05, 0.1) is 44.8 Å². The summed E-state index contributed by atoms with van der Waals surface area (Å²) in [5, 5.41) is 8.49. The molecular weight excluding hydrogens is 1480 g/mol. The molecule has 9 fully saturated rings. The van der Waals surface area contributed by atoms with E-state index in [1.54, 1.807) is 20.8 Å². The van der Waals surface area contributed by atoms with Crippen molar-refractivity contribution in [1.82, 2.24) is 60.0 Å². The molecule has 5 aliphatic heterocycles. The van der Waals surface area contributed by atoms with E-state index < -0.39 is 236 Å². The van der Waals surface area contributed by atoms with Gasteiger partial charge in [-0.25, -0.2) is 8.78 Å². The molecule has 9 aliphatic rings. The molecule has 27 nitrogen and oxygen atoms in total. The number of carbonyl (C=O) groups excluding carboxylic acids is 12. The van der Waals surface area contributed by atoms with Gasteiger partial charge in [0.1, 0.15) is 78.2 Å². The van der Waals surface area contributed by atoms with Gasteiger partial charge in [-0.15, -0.1) is 0 Å². The minimum absolute atomic E-state index is 0.00744. The van der Waals surface area contributed by atoms with Crippen LogP contribution in [0.4, 0.5) is 35.1 Å². The van der Waals surface area contributed by atoms with Crippen molar-refractivity contribution < 1.29 is 107 Å². The topological polar surface area (TPSA) is 298 Å². The molecule has 2 bridgehead atoms. The van der Waals surface area contributed by atoms with Crippen molar-refractivity contribution in [3.8, 4) is 0 Å². The number of halogens is 8. The van der Waals surface area contributed by atoms with E-state index in [0.717, 1.165) is 19.6 Å². The summed E-state index contributed by atoms with van der Waals surface area (Å²) in [4.78, 5) is 195. The lowest BCUT2D eigenvalue weighted by molar-refractivity contribution is -0.219. The third-order valence-corrected chi connectivity index (χ3v) is 25.8. The highest BCUT2D eigenvalue weighted by Crippen LogP contribution is 2.46. The number of morpholine rings is 1. The number of amides is 12. The highest BCUT2D eigenvalue weighted by molar-refractivity contribution is 6.01. The first-order chi connectivity index (χ1) is 53.0. The Bertz CT molecular complexity index is 3320. The SMILES string of the molecule is CCO[C@@H]1C[C@H]2C(=O)NC3(CCCC3)C(=O)N(C)[C@@H](C3CCCC3)C(=O)N(C)[C@H](C(=O)N3CCOCC3)CC(=O)N(C)[C@@H](COC)C(=O)N[C@@H]([C@@H](C)CC)C(=O)N3CC[C@H]3C(=O)N(C)[C@H]3CCCCCN(C3=O)[C@@H](CC3CCC(C(F)(F)F)CC3)C(=O)N(C)CC(=O)N[C@@H](CCC3CC(F)C(C(F)(F)F)C(F)C3)C(=O)N2C1.